The number of hydrogen-bond acceptors (Lipinski definition) is 2. The Morgan fingerprint density at radius 1 is 1.50 bits per heavy atom. The van der Waals surface area contributed by atoms with Gasteiger partial charge in [0.25, 0.3) is 0 Å². The van der Waals surface area contributed by atoms with E-state index >= 15 is 0 Å². The molecular weight excluding hydrogens is 150 g/mol. The number of terminal acetylenes is 1. The van der Waals surface area contributed by atoms with E-state index in [1.165, 1.54) is 0 Å². The Morgan fingerprint density at radius 3 is 2.83 bits per heavy atom. The summed E-state index contributed by atoms with van der Waals surface area (Å²) in [6, 6.07) is 2.01. The number of nitrogens with zero attached hydrogens (tertiary/aromatic N) is 1. The van der Waals surface area contributed by atoms with Crippen LogP contribution in [0, 0.1) is 35.5 Å². The molecule has 0 aliphatic heterocycles. The fraction of sp³-hybridized carbons (Fsp3) is 0.500. The maximum absolute atomic E-state index is 8.20. The topological polar surface area (TPSA) is 33.0 Å². The summed E-state index contributed by atoms with van der Waals surface area (Å²) in [5.74, 6) is 8.02. The lowest BCUT2D eigenvalue weighted by Gasteiger charge is -2.00. The Kier molecular flexibility index (Phi) is 6.76. The third-order valence-electron chi connectivity index (χ3n) is 1.08. The lowest BCUT2D eigenvalue weighted by atomic mass is 10.3. The van der Waals surface area contributed by atoms with E-state index in [2.05, 4.69) is 17.8 Å². The van der Waals surface area contributed by atoms with Gasteiger partial charge in [-0.3, -0.25) is 0 Å². The first-order chi connectivity index (χ1) is 5.81. The zero-order valence-corrected chi connectivity index (χ0v) is 7.13. The molecule has 0 heterocycles. The van der Waals surface area contributed by atoms with E-state index in [-0.39, 0.29) is 12.7 Å². The first kappa shape index (κ1) is 10.6. The van der Waals surface area contributed by atoms with Gasteiger partial charge in [-0.1, -0.05) is 17.8 Å². The SMILES string of the molecule is C#CCO[C@@H](C)C#CCCC#N. The fourth-order valence-electron chi connectivity index (χ4n) is 0.549. The molecule has 0 aromatic carbocycles. The van der Waals surface area contributed by atoms with Crippen molar-refractivity contribution in [2.45, 2.75) is 25.9 Å². The second-order valence-electron chi connectivity index (χ2n) is 2.14. The minimum Gasteiger partial charge on any atom is -0.353 e. The van der Waals surface area contributed by atoms with Gasteiger partial charge >= 0.3 is 0 Å². The molecule has 0 aromatic heterocycles. The molecule has 62 valence electrons. The molecule has 0 aromatic rings. The molecule has 0 unspecified atom stereocenters. The summed E-state index contributed by atoms with van der Waals surface area (Å²) in [6.45, 7) is 2.12. The van der Waals surface area contributed by atoms with E-state index in [4.69, 9.17) is 16.4 Å². The minimum absolute atomic E-state index is 0.139. The second-order valence-corrected chi connectivity index (χ2v) is 2.14. The van der Waals surface area contributed by atoms with Gasteiger partial charge in [0, 0.05) is 12.8 Å². The molecule has 1 atom stereocenters. The summed E-state index contributed by atoms with van der Waals surface area (Å²) in [5, 5.41) is 8.20. The fourth-order valence-corrected chi connectivity index (χ4v) is 0.549. The highest BCUT2D eigenvalue weighted by Gasteiger charge is 1.92. The number of rotatable bonds is 3. The van der Waals surface area contributed by atoms with Crippen molar-refractivity contribution in [3.63, 3.8) is 0 Å². The lowest BCUT2D eigenvalue weighted by Crippen LogP contribution is -2.04. The van der Waals surface area contributed by atoms with Gasteiger partial charge in [-0.2, -0.15) is 5.26 Å². The van der Waals surface area contributed by atoms with Gasteiger partial charge in [0.2, 0.25) is 0 Å². The average Bonchev–Trinajstić information content (AvgIpc) is 2.09. The van der Waals surface area contributed by atoms with Crippen LogP contribution >= 0.6 is 0 Å². The van der Waals surface area contributed by atoms with Gasteiger partial charge < -0.3 is 4.74 Å². The molecule has 0 N–H and O–H groups in total. The van der Waals surface area contributed by atoms with E-state index in [1.54, 1.807) is 0 Å². The van der Waals surface area contributed by atoms with Crippen LogP contribution < -0.4 is 0 Å². The molecule has 0 fully saturated rings. The summed E-state index contributed by atoms with van der Waals surface area (Å²) >= 11 is 0. The van der Waals surface area contributed by atoms with Crippen LogP contribution in [0.25, 0.3) is 0 Å². The molecule has 2 nitrogen and oxygen atoms in total. The minimum atomic E-state index is -0.139. The molecule has 2 heteroatoms. The van der Waals surface area contributed by atoms with Crippen molar-refractivity contribution >= 4 is 0 Å². The van der Waals surface area contributed by atoms with Crippen molar-refractivity contribution in [2.75, 3.05) is 6.61 Å². The van der Waals surface area contributed by atoms with E-state index < -0.39 is 0 Å². The Morgan fingerprint density at radius 2 is 2.25 bits per heavy atom. The van der Waals surface area contributed by atoms with Crippen LogP contribution in [0.2, 0.25) is 0 Å². The molecule has 0 aliphatic carbocycles. The Balaban J connectivity index is 3.52. The summed E-state index contributed by atoms with van der Waals surface area (Å²) < 4.78 is 5.08. The van der Waals surface area contributed by atoms with E-state index in [0.29, 0.717) is 12.8 Å². The van der Waals surface area contributed by atoms with Gasteiger partial charge in [0.05, 0.1) is 6.07 Å². The van der Waals surface area contributed by atoms with Gasteiger partial charge in [0.1, 0.15) is 12.7 Å². The maximum atomic E-state index is 8.20. The molecule has 0 saturated carbocycles. The van der Waals surface area contributed by atoms with Gasteiger partial charge in [-0.05, 0) is 6.92 Å². The second kappa shape index (κ2) is 7.67. The molecule has 0 bridgehead atoms. The van der Waals surface area contributed by atoms with Crippen molar-refractivity contribution in [1.29, 1.82) is 5.26 Å². The van der Waals surface area contributed by atoms with Crippen LogP contribution in [-0.4, -0.2) is 12.7 Å². The first-order valence-electron chi connectivity index (χ1n) is 3.71. The maximum Gasteiger partial charge on any atom is 0.116 e. The van der Waals surface area contributed by atoms with E-state index in [1.807, 2.05) is 13.0 Å². The van der Waals surface area contributed by atoms with Crippen LogP contribution in [0.4, 0.5) is 0 Å². The normalized spacial score (nSPS) is 10.2. The van der Waals surface area contributed by atoms with Crippen molar-refractivity contribution in [2.24, 2.45) is 0 Å². The highest BCUT2D eigenvalue weighted by molar-refractivity contribution is 5.05. The van der Waals surface area contributed by atoms with Crippen LogP contribution in [0.1, 0.15) is 19.8 Å². The highest BCUT2D eigenvalue weighted by atomic mass is 16.5. The summed E-state index contributed by atoms with van der Waals surface area (Å²) in [7, 11) is 0. The molecular formula is C10H11NO. The van der Waals surface area contributed by atoms with Crippen LogP contribution in [0.15, 0.2) is 0 Å². The van der Waals surface area contributed by atoms with E-state index in [9.17, 15) is 0 Å². The van der Waals surface area contributed by atoms with Crippen molar-refractivity contribution in [3.05, 3.63) is 0 Å². The largest absolute Gasteiger partial charge is 0.353 e. The summed E-state index contributed by atoms with van der Waals surface area (Å²) in [4.78, 5) is 0. The quantitative estimate of drug-likeness (QED) is 0.462. The van der Waals surface area contributed by atoms with Crippen LogP contribution in [-0.2, 0) is 4.74 Å². The number of hydrogen-bond donors (Lipinski definition) is 0. The van der Waals surface area contributed by atoms with Gasteiger partial charge in [-0.25, -0.2) is 0 Å². The first-order valence-corrected chi connectivity index (χ1v) is 3.71. The molecule has 0 spiro atoms. The van der Waals surface area contributed by atoms with E-state index in [0.717, 1.165) is 0 Å². The smallest absolute Gasteiger partial charge is 0.116 e. The number of ether oxygens (including phenoxy) is 1. The Labute approximate surface area is 73.5 Å². The molecule has 0 aliphatic rings. The van der Waals surface area contributed by atoms with Crippen molar-refractivity contribution in [3.8, 4) is 30.3 Å². The van der Waals surface area contributed by atoms with Gasteiger partial charge in [-0.15, -0.1) is 6.42 Å². The third-order valence-corrected chi connectivity index (χ3v) is 1.08. The lowest BCUT2D eigenvalue weighted by molar-refractivity contribution is 0.134. The standard InChI is InChI=1S/C10H11NO/c1-3-9-12-10(2)7-5-4-6-8-11/h1,10H,4,6,9H2,2H3/t10-/m0/s1. The Hall–Kier alpha value is -1.43. The van der Waals surface area contributed by atoms with Crippen LogP contribution in [0.3, 0.4) is 0 Å². The van der Waals surface area contributed by atoms with Gasteiger partial charge in [0.15, 0.2) is 0 Å². The molecule has 0 amide bonds. The predicted molar refractivity (Wildman–Crippen MR) is 46.9 cm³/mol. The highest BCUT2D eigenvalue weighted by Crippen LogP contribution is 1.88. The zero-order chi connectivity index (χ0) is 9.23. The van der Waals surface area contributed by atoms with Crippen molar-refractivity contribution < 1.29 is 4.74 Å². The molecule has 0 saturated heterocycles. The summed E-state index contributed by atoms with van der Waals surface area (Å²) in [6.07, 6.45) is 5.91. The molecule has 0 rings (SSSR count). The Bertz CT molecular complexity index is 246. The molecule has 12 heavy (non-hydrogen) atoms. The average molecular weight is 161 g/mol. The monoisotopic (exact) mass is 161 g/mol. The molecule has 0 radical (unpaired) electrons. The number of nitriles is 1. The third kappa shape index (κ3) is 6.69. The van der Waals surface area contributed by atoms with Crippen molar-refractivity contribution in [1.82, 2.24) is 0 Å². The zero-order valence-electron chi connectivity index (χ0n) is 7.13. The summed E-state index contributed by atoms with van der Waals surface area (Å²) in [5.41, 5.74) is 0. The number of unbranched alkanes of at least 4 members (excludes halogenated alkanes) is 1. The van der Waals surface area contributed by atoms with Crippen LogP contribution in [0.5, 0.6) is 0 Å². The predicted octanol–water partition coefficient (Wildman–Crippen LogP) is 1.33.